The molecule has 2 aromatic carbocycles. The molecule has 1 aliphatic rings. The second-order valence-electron chi connectivity index (χ2n) is 4.23. The second-order valence-corrected chi connectivity index (χ2v) is 4.23. The molecular weight excluding hydrogens is 198 g/mol. The summed E-state index contributed by atoms with van der Waals surface area (Å²) in [4.78, 5) is 0. The molecule has 2 aromatic rings. The fourth-order valence-electron chi connectivity index (χ4n) is 2.01. The average molecular weight is 213 g/mol. The van der Waals surface area contributed by atoms with Gasteiger partial charge in [0.2, 0.25) is 0 Å². The number of rotatable bonds is 3. The largest absolute Gasteiger partial charge is 0.371 e. The zero-order valence-corrected chi connectivity index (χ0v) is 9.15. The molecule has 0 amide bonds. The number of fused-ring (bicyclic) bond motifs is 1. The van der Waals surface area contributed by atoms with Gasteiger partial charge in [0.05, 0.1) is 12.7 Å². The fraction of sp³-hybridized carbons (Fsp3) is 0.286. The summed E-state index contributed by atoms with van der Waals surface area (Å²) in [5.74, 6) is 0. The summed E-state index contributed by atoms with van der Waals surface area (Å²) < 4.78 is 5.81. The highest BCUT2D eigenvalue weighted by molar-refractivity contribution is 5.85. The standard InChI is InChI=1S/C14H15NO/c1-2-7-14-11(4-1)5-3-6-12(14)10-16-13-8-15-9-13/h1-7,13,15H,8-10H2. The molecule has 0 aliphatic carbocycles. The van der Waals surface area contributed by atoms with E-state index in [0.29, 0.717) is 12.7 Å². The van der Waals surface area contributed by atoms with Crippen LogP contribution in [0.25, 0.3) is 10.8 Å². The van der Waals surface area contributed by atoms with Crippen LogP contribution in [0, 0.1) is 0 Å². The molecule has 1 N–H and O–H groups in total. The third kappa shape index (κ3) is 1.82. The maximum Gasteiger partial charge on any atom is 0.0828 e. The summed E-state index contributed by atoms with van der Waals surface area (Å²) in [6, 6.07) is 14.8. The predicted molar refractivity (Wildman–Crippen MR) is 65.4 cm³/mol. The lowest BCUT2D eigenvalue weighted by Crippen LogP contribution is -2.48. The molecule has 0 bridgehead atoms. The van der Waals surface area contributed by atoms with E-state index in [0.717, 1.165) is 13.1 Å². The molecule has 0 spiro atoms. The summed E-state index contributed by atoms with van der Waals surface area (Å²) in [6.45, 7) is 2.70. The van der Waals surface area contributed by atoms with E-state index < -0.39 is 0 Å². The normalized spacial score (nSPS) is 16.2. The van der Waals surface area contributed by atoms with E-state index in [1.54, 1.807) is 0 Å². The van der Waals surface area contributed by atoms with Gasteiger partial charge in [0.1, 0.15) is 0 Å². The van der Waals surface area contributed by atoms with Crippen LogP contribution in [0.5, 0.6) is 0 Å². The maximum atomic E-state index is 5.81. The Hall–Kier alpha value is -1.38. The first-order valence-electron chi connectivity index (χ1n) is 5.72. The Morgan fingerprint density at radius 3 is 2.69 bits per heavy atom. The Labute approximate surface area is 95.2 Å². The molecule has 0 atom stereocenters. The Morgan fingerprint density at radius 1 is 1.06 bits per heavy atom. The van der Waals surface area contributed by atoms with E-state index in [2.05, 4.69) is 47.8 Å². The molecule has 2 heteroatoms. The van der Waals surface area contributed by atoms with Gasteiger partial charge in [-0.15, -0.1) is 0 Å². The first-order chi connectivity index (χ1) is 7.93. The van der Waals surface area contributed by atoms with E-state index in [1.165, 1.54) is 16.3 Å². The van der Waals surface area contributed by atoms with Gasteiger partial charge < -0.3 is 10.1 Å². The molecule has 0 unspecified atom stereocenters. The van der Waals surface area contributed by atoms with Gasteiger partial charge in [-0.05, 0) is 16.3 Å². The van der Waals surface area contributed by atoms with Gasteiger partial charge in [-0.2, -0.15) is 0 Å². The highest BCUT2D eigenvalue weighted by Crippen LogP contribution is 2.19. The first-order valence-corrected chi connectivity index (χ1v) is 5.72. The number of hydrogen-bond donors (Lipinski definition) is 1. The molecule has 1 fully saturated rings. The third-order valence-electron chi connectivity index (χ3n) is 3.10. The quantitative estimate of drug-likeness (QED) is 0.845. The summed E-state index contributed by atoms with van der Waals surface area (Å²) >= 11 is 0. The van der Waals surface area contributed by atoms with E-state index in [9.17, 15) is 0 Å². The molecular formula is C14H15NO. The van der Waals surface area contributed by atoms with Crippen molar-refractivity contribution in [1.82, 2.24) is 5.32 Å². The smallest absolute Gasteiger partial charge is 0.0828 e. The third-order valence-corrected chi connectivity index (χ3v) is 3.10. The van der Waals surface area contributed by atoms with E-state index in [4.69, 9.17) is 4.74 Å². The van der Waals surface area contributed by atoms with Gasteiger partial charge >= 0.3 is 0 Å². The zero-order valence-electron chi connectivity index (χ0n) is 9.15. The van der Waals surface area contributed by atoms with Crippen molar-refractivity contribution in [3.05, 3.63) is 48.0 Å². The van der Waals surface area contributed by atoms with E-state index in [1.807, 2.05) is 0 Å². The number of hydrogen-bond acceptors (Lipinski definition) is 2. The molecule has 3 rings (SSSR count). The lowest BCUT2D eigenvalue weighted by Gasteiger charge is -2.27. The molecule has 82 valence electrons. The van der Waals surface area contributed by atoms with Crippen molar-refractivity contribution in [3.8, 4) is 0 Å². The van der Waals surface area contributed by atoms with Crippen LogP contribution in [0.15, 0.2) is 42.5 Å². The summed E-state index contributed by atoms with van der Waals surface area (Å²) in [5, 5.41) is 5.80. The van der Waals surface area contributed by atoms with Crippen molar-refractivity contribution >= 4 is 10.8 Å². The Bertz CT molecular complexity index is 486. The second kappa shape index (κ2) is 4.24. The highest BCUT2D eigenvalue weighted by atomic mass is 16.5. The summed E-state index contributed by atoms with van der Waals surface area (Å²) in [5.41, 5.74) is 1.28. The molecule has 2 nitrogen and oxygen atoms in total. The van der Waals surface area contributed by atoms with Crippen molar-refractivity contribution in [3.63, 3.8) is 0 Å². The SMILES string of the molecule is c1ccc2c(COC3CNC3)cccc2c1. The van der Waals surface area contributed by atoms with Crippen LogP contribution in [0.2, 0.25) is 0 Å². The van der Waals surface area contributed by atoms with Crippen LogP contribution in [0.1, 0.15) is 5.56 Å². The van der Waals surface area contributed by atoms with Gasteiger partial charge in [0.15, 0.2) is 0 Å². The lowest BCUT2D eigenvalue weighted by molar-refractivity contribution is 0.00811. The molecule has 0 saturated carbocycles. The Morgan fingerprint density at radius 2 is 1.88 bits per heavy atom. The minimum Gasteiger partial charge on any atom is -0.371 e. The molecule has 1 aliphatic heterocycles. The minimum atomic E-state index is 0.402. The van der Waals surface area contributed by atoms with Crippen LogP contribution in [-0.4, -0.2) is 19.2 Å². The monoisotopic (exact) mass is 213 g/mol. The van der Waals surface area contributed by atoms with Crippen LogP contribution >= 0.6 is 0 Å². The van der Waals surface area contributed by atoms with Crippen molar-refractivity contribution in [2.24, 2.45) is 0 Å². The molecule has 0 radical (unpaired) electrons. The van der Waals surface area contributed by atoms with Gasteiger partial charge in [0, 0.05) is 13.1 Å². The molecule has 16 heavy (non-hydrogen) atoms. The number of ether oxygens (including phenoxy) is 1. The van der Waals surface area contributed by atoms with Crippen LogP contribution < -0.4 is 5.32 Å². The molecule has 0 aromatic heterocycles. The van der Waals surface area contributed by atoms with Crippen molar-refractivity contribution < 1.29 is 4.74 Å². The Kier molecular flexibility index (Phi) is 2.60. The lowest BCUT2D eigenvalue weighted by atomic mass is 10.1. The highest BCUT2D eigenvalue weighted by Gasteiger charge is 2.16. The fourth-order valence-corrected chi connectivity index (χ4v) is 2.01. The zero-order chi connectivity index (χ0) is 10.8. The van der Waals surface area contributed by atoms with Crippen LogP contribution in [0.4, 0.5) is 0 Å². The van der Waals surface area contributed by atoms with Crippen molar-refractivity contribution in [2.45, 2.75) is 12.7 Å². The first kappa shape index (κ1) is 9.82. The maximum absolute atomic E-state index is 5.81. The van der Waals surface area contributed by atoms with Gasteiger partial charge in [-0.3, -0.25) is 0 Å². The van der Waals surface area contributed by atoms with Crippen molar-refractivity contribution in [2.75, 3.05) is 13.1 Å². The van der Waals surface area contributed by atoms with Crippen molar-refractivity contribution in [1.29, 1.82) is 0 Å². The minimum absolute atomic E-state index is 0.402. The number of nitrogens with one attached hydrogen (secondary N) is 1. The van der Waals surface area contributed by atoms with Crippen LogP contribution in [0.3, 0.4) is 0 Å². The predicted octanol–water partition coefficient (Wildman–Crippen LogP) is 2.33. The van der Waals surface area contributed by atoms with Gasteiger partial charge in [-0.25, -0.2) is 0 Å². The van der Waals surface area contributed by atoms with Crippen LogP contribution in [-0.2, 0) is 11.3 Å². The summed E-state index contributed by atoms with van der Waals surface area (Å²) in [6.07, 6.45) is 0.402. The topological polar surface area (TPSA) is 21.3 Å². The van der Waals surface area contributed by atoms with Gasteiger partial charge in [0.25, 0.3) is 0 Å². The number of benzene rings is 2. The molecule has 1 saturated heterocycles. The summed E-state index contributed by atoms with van der Waals surface area (Å²) in [7, 11) is 0. The average Bonchev–Trinajstić information content (AvgIpc) is 2.27. The van der Waals surface area contributed by atoms with E-state index >= 15 is 0 Å². The van der Waals surface area contributed by atoms with Gasteiger partial charge in [-0.1, -0.05) is 42.5 Å². The molecule has 1 heterocycles. The van der Waals surface area contributed by atoms with E-state index in [-0.39, 0.29) is 0 Å². The Balaban J connectivity index is 1.84.